The van der Waals surface area contributed by atoms with E-state index in [-0.39, 0.29) is 12.1 Å². The van der Waals surface area contributed by atoms with Gasteiger partial charge < -0.3 is 14.4 Å². The van der Waals surface area contributed by atoms with Crippen molar-refractivity contribution in [3.05, 3.63) is 12.2 Å². The van der Waals surface area contributed by atoms with E-state index >= 15 is 0 Å². The fraction of sp³-hybridized carbons (Fsp3) is 0.769. The summed E-state index contributed by atoms with van der Waals surface area (Å²) in [7, 11) is 1.66. The monoisotopic (exact) mass is 241 g/mol. The van der Waals surface area contributed by atoms with Crippen molar-refractivity contribution in [3.8, 4) is 0 Å². The van der Waals surface area contributed by atoms with Crippen LogP contribution in [0.3, 0.4) is 0 Å². The number of hydrogen-bond acceptors (Lipinski definition) is 3. The lowest BCUT2D eigenvalue weighted by Gasteiger charge is -2.27. The summed E-state index contributed by atoms with van der Waals surface area (Å²) >= 11 is 0. The molecule has 0 bridgehead atoms. The third-order valence-electron chi connectivity index (χ3n) is 2.55. The van der Waals surface area contributed by atoms with Crippen LogP contribution in [0.5, 0.6) is 0 Å². The molecule has 4 nitrogen and oxygen atoms in total. The SMILES string of the molecule is COCC=C[C@@H]1CCCN1C(=O)OC(C)(C)C. The lowest BCUT2D eigenvalue weighted by Crippen LogP contribution is -2.39. The van der Waals surface area contributed by atoms with Gasteiger partial charge in [0.15, 0.2) is 0 Å². The molecule has 4 heteroatoms. The van der Waals surface area contributed by atoms with Gasteiger partial charge in [-0.2, -0.15) is 0 Å². The number of rotatable bonds is 3. The van der Waals surface area contributed by atoms with Crippen molar-refractivity contribution in [1.29, 1.82) is 0 Å². The van der Waals surface area contributed by atoms with E-state index in [4.69, 9.17) is 9.47 Å². The van der Waals surface area contributed by atoms with Crippen LogP contribution in [0.25, 0.3) is 0 Å². The van der Waals surface area contributed by atoms with Gasteiger partial charge in [-0.3, -0.25) is 0 Å². The second kappa shape index (κ2) is 6.05. The highest BCUT2D eigenvalue weighted by atomic mass is 16.6. The second-order valence-electron chi connectivity index (χ2n) is 5.27. The van der Waals surface area contributed by atoms with E-state index in [2.05, 4.69) is 0 Å². The van der Waals surface area contributed by atoms with E-state index in [1.165, 1.54) is 0 Å². The van der Waals surface area contributed by atoms with E-state index in [1.54, 1.807) is 12.0 Å². The zero-order chi connectivity index (χ0) is 12.9. The van der Waals surface area contributed by atoms with Crippen LogP contribution >= 0.6 is 0 Å². The van der Waals surface area contributed by atoms with Crippen molar-refractivity contribution < 1.29 is 14.3 Å². The average molecular weight is 241 g/mol. The van der Waals surface area contributed by atoms with E-state index in [0.717, 1.165) is 19.4 Å². The molecule has 1 aliphatic rings. The predicted molar refractivity (Wildman–Crippen MR) is 67.0 cm³/mol. The third-order valence-corrected chi connectivity index (χ3v) is 2.55. The van der Waals surface area contributed by atoms with Gasteiger partial charge in [0.1, 0.15) is 5.60 Å². The number of nitrogens with zero attached hydrogens (tertiary/aromatic N) is 1. The van der Waals surface area contributed by atoms with Crippen LogP contribution in [-0.4, -0.2) is 42.9 Å². The van der Waals surface area contributed by atoms with Crippen LogP contribution in [0.15, 0.2) is 12.2 Å². The summed E-state index contributed by atoms with van der Waals surface area (Å²) in [5.74, 6) is 0. The lowest BCUT2D eigenvalue weighted by molar-refractivity contribution is 0.0255. The Hall–Kier alpha value is -1.03. The summed E-state index contributed by atoms with van der Waals surface area (Å²) in [5, 5.41) is 0. The van der Waals surface area contributed by atoms with Crippen LogP contribution in [0.1, 0.15) is 33.6 Å². The van der Waals surface area contributed by atoms with Crippen LogP contribution in [-0.2, 0) is 9.47 Å². The molecule has 1 aliphatic heterocycles. The van der Waals surface area contributed by atoms with Crippen LogP contribution < -0.4 is 0 Å². The molecule has 0 aromatic carbocycles. The Morgan fingerprint density at radius 1 is 1.47 bits per heavy atom. The zero-order valence-electron chi connectivity index (χ0n) is 11.2. The Morgan fingerprint density at radius 3 is 2.76 bits per heavy atom. The molecule has 0 radical (unpaired) electrons. The van der Waals surface area contributed by atoms with Gasteiger partial charge in [-0.1, -0.05) is 12.2 Å². The number of likely N-dealkylation sites (tertiary alicyclic amines) is 1. The van der Waals surface area contributed by atoms with Crippen molar-refractivity contribution in [2.24, 2.45) is 0 Å². The lowest BCUT2D eigenvalue weighted by atomic mass is 10.2. The van der Waals surface area contributed by atoms with E-state index in [9.17, 15) is 4.79 Å². The molecule has 1 saturated heterocycles. The van der Waals surface area contributed by atoms with Crippen molar-refractivity contribution >= 4 is 6.09 Å². The molecular weight excluding hydrogens is 218 g/mol. The van der Waals surface area contributed by atoms with Gasteiger partial charge in [0, 0.05) is 13.7 Å². The fourth-order valence-electron chi connectivity index (χ4n) is 1.85. The minimum atomic E-state index is -0.430. The van der Waals surface area contributed by atoms with Crippen molar-refractivity contribution in [1.82, 2.24) is 4.90 Å². The first-order valence-electron chi connectivity index (χ1n) is 6.09. The quantitative estimate of drug-likeness (QED) is 0.713. The molecule has 0 aromatic rings. The molecule has 1 heterocycles. The largest absolute Gasteiger partial charge is 0.444 e. The number of methoxy groups -OCH3 is 1. The third kappa shape index (κ3) is 4.77. The smallest absolute Gasteiger partial charge is 0.410 e. The molecule has 1 rings (SSSR count). The molecule has 0 spiro atoms. The van der Waals surface area contributed by atoms with Gasteiger partial charge in [-0.25, -0.2) is 4.79 Å². The minimum Gasteiger partial charge on any atom is -0.444 e. The Morgan fingerprint density at radius 2 is 2.18 bits per heavy atom. The Balaban J connectivity index is 2.54. The summed E-state index contributed by atoms with van der Waals surface area (Å²) in [6.45, 7) is 7.01. The normalized spacial score (nSPS) is 21.2. The Labute approximate surface area is 104 Å². The maximum atomic E-state index is 11.9. The minimum absolute atomic E-state index is 0.153. The highest BCUT2D eigenvalue weighted by Gasteiger charge is 2.30. The van der Waals surface area contributed by atoms with Crippen LogP contribution in [0.2, 0.25) is 0 Å². The number of carbonyl (C=O) groups excluding carboxylic acids is 1. The Bertz CT molecular complexity index is 281. The first-order chi connectivity index (χ1) is 7.94. The van der Waals surface area contributed by atoms with Crippen LogP contribution in [0.4, 0.5) is 4.79 Å². The molecule has 0 N–H and O–H groups in total. The van der Waals surface area contributed by atoms with Gasteiger partial charge in [-0.05, 0) is 33.6 Å². The number of ether oxygens (including phenoxy) is 2. The summed E-state index contributed by atoms with van der Waals surface area (Å²) < 4.78 is 10.3. The van der Waals surface area contributed by atoms with E-state index < -0.39 is 5.60 Å². The number of hydrogen-bond donors (Lipinski definition) is 0. The van der Waals surface area contributed by atoms with E-state index in [0.29, 0.717) is 6.61 Å². The van der Waals surface area contributed by atoms with Gasteiger partial charge in [0.05, 0.1) is 12.6 Å². The molecule has 0 aromatic heterocycles. The molecule has 98 valence electrons. The Kier molecular flexibility index (Phi) is 5.00. The molecule has 0 saturated carbocycles. The second-order valence-corrected chi connectivity index (χ2v) is 5.27. The van der Waals surface area contributed by atoms with Gasteiger partial charge >= 0.3 is 6.09 Å². The highest BCUT2D eigenvalue weighted by Crippen LogP contribution is 2.21. The topological polar surface area (TPSA) is 38.8 Å². The molecule has 1 amide bonds. The molecular formula is C13H23NO3. The fourth-order valence-corrected chi connectivity index (χ4v) is 1.85. The zero-order valence-corrected chi connectivity index (χ0v) is 11.2. The molecule has 0 unspecified atom stereocenters. The number of amides is 1. The molecule has 17 heavy (non-hydrogen) atoms. The standard InChI is InChI=1S/C13H23NO3/c1-13(2,3)17-12(15)14-9-5-7-11(14)8-6-10-16-4/h6,8,11H,5,7,9-10H2,1-4H3/t11-/m0/s1. The summed E-state index contributed by atoms with van der Waals surface area (Å²) in [6.07, 6.45) is 5.79. The van der Waals surface area contributed by atoms with Gasteiger partial charge in [-0.15, -0.1) is 0 Å². The summed E-state index contributed by atoms with van der Waals surface area (Å²) in [6, 6.07) is 0.153. The number of carbonyl (C=O) groups is 1. The molecule has 0 aliphatic carbocycles. The molecule has 1 atom stereocenters. The first-order valence-corrected chi connectivity index (χ1v) is 6.09. The summed E-state index contributed by atoms with van der Waals surface area (Å²) in [4.78, 5) is 13.7. The van der Waals surface area contributed by atoms with E-state index in [1.807, 2.05) is 32.9 Å². The maximum Gasteiger partial charge on any atom is 0.410 e. The first kappa shape index (κ1) is 14.0. The van der Waals surface area contributed by atoms with Crippen molar-refractivity contribution in [2.75, 3.05) is 20.3 Å². The summed E-state index contributed by atoms with van der Waals surface area (Å²) in [5.41, 5.74) is -0.430. The van der Waals surface area contributed by atoms with Crippen molar-refractivity contribution in [2.45, 2.75) is 45.3 Å². The predicted octanol–water partition coefficient (Wildman–Crippen LogP) is 2.59. The highest BCUT2D eigenvalue weighted by molar-refractivity contribution is 5.69. The van der Waals surface area contributed by atoms with Gasteiger partial charge in [0.2, 0.25) is 0 Å². The van der Waals surface area contributed by atoms with Crippen molar-refractivity contribution in [3.63, 3.8) is 0 Å². The molecule has 1 fully saturated rings. The van der Waals surface area contributed by atoms with Gasteiger partial charge in [0.25, 0.3) is 0 Å². The average Bonchev–Trinajstić information content (AvgIpc) is 2.64. The van der Waals surface area contributed by atoms with Crippen LogP contribution in [0, 0.1) is 0 Å². The maximum absolute atomic E-state index is 11.9.